The lowest BCUT2D eigenvalue weighted by atomic mass is 10.0. The van der Waals surface area contributed by atoms with Gasteiger partial charge in [-0.2, -0.15) is 0 Å². The van der Waals surface area contributed by atoms with E-state index in [9.17, 15) is 4.79 Å². The van der Waals surface area contributed by atoms with Crippen molar-refractivity contribution in [3.05, 3.63) is 33.6 Å². The Kier molecular flexibility index (Phi) is 4.87. The van der Waals surface area contributed by atoms with E-state index in [0.29, 0.717) is 18.5 Å². The monoisotopic (exact) mass is 330 g/mol. The number of anilines is 1. The number of nitrogens with two attached hydrogens (primary N) is 1. The van der Waals surface area contributed by atoms with Gasteiger partial charge in [0.15, 0.2) is 0 Å². The van der Waals surface area contributed by atoms with Crippen molar-refractivity contribution in [2.45, 2.75) is 39.8 Å². The van der Waals surface area contributed by atoms with Gasteiger partial charge in [0.05, 0.1) is 17.5 Å². The molecule has 0 saturated carbocycles. The predicted octanol–water partition coefficient (Wildman–Crippen LogP) is 1.97. The summed E-state index contributed by atoms with van der Waals surface area (Å²) in [6.07, 6.45) is 0.936. The summed E-state index contributed by atoms with van der Waals surface area (Å²) in [4.78, 5) is 20.1. The van der Waals surface area contributed by atoms with Crippen LogP contribution in [0.25, 0.3) is 10.9 Å². The molecule has 1 unspecified atom stereocenters. The lowest BCUT2D eigenvalue weighted by molar-refractivity contribution is 0.152. The second-order valence-corrected chi connectivity index (χ2v) is 6.45. The summed E-state index contributed by atoms with van der Waals surface area (Å²) in [5.41, 5.74) is 8.84. The quantitative estimate of drug-likeness (QED) is 0.931. The summed E-state index contributed by atoms with van der Waals surface area (Å²) in [6, 6.07) is 3.78. The molecule has 0 spiro atoms. The van der Waals surface area contributed by atoms with Gasteiger partial charge >= 0.3 is 0 Å². The third kappa shape index (κ3) is 3.03. The minimum Gasteiger partial charge on any atom is -0.380 e. The van der Waals surface area contributed by atoms with Crippen LogP contribution in [0.4, 0.5) is 5.95 Å². The lowest BCUT2D eigenvalue weighted by Gasteiger charge is -2.25. The SMILES string of the molecule is CCn1c(N2CCCOCC2)nc2c(C(C)N)cc(C)cc2c1=O. The molecule has 1 aliphatic rings. The van der Waals surface area contributed by atoms with Gasteiger partial charge in [0.25, 0.3) is 5.56 Å². The Labute approximate surface area is 142 Å². The van der Waals surface area contributed by atoms with Gasteiger partial charge in [0.1, 0.15) is 0 Å². The molecule has 1 atom stereocenters. The van der Waals surface area contributed by atoms with E-state index >= 15 is 0 Å². The van der Waals surface area contributed by atoms with Crippen molar-refractivity contribution in [2.75, 3.05) is 31.2 Å². The highest BCUT2D eigenvalue weighted by molar-refractivity contribution is 5.83. The fourth-order valence-corrected chi connectivity index (χ4v) is 3.31. The number of benzene rings is 1. The highest BCUT2D eigenvalue weighted by Crippen LogP contribution is 2.24. The number of hydrogen-bond acceptors (Lipinski definition) is 5. The van der Waals surface area contributed by atoms with Crippen LogP contribution in [0.5, 0.6) is 0 Å². The molecule has 0 aliphatic carbocycles. The third-order valence-corrected chi connectivity index (χ3v) is 4.52. The zero-order chi connectivity index (χ0) is 17.3. The van der Waals surface area contributed by atoms with Gasteiger partial charge in [-0.25, -0.2) is 4.98 Å². The van der Waals surface area contributed by atoms with Crippen molar-refractivity contribution in [1.82, 2.24) is 9.55 Å². The molecule has 1 aliphatic heterocycles. The largest absolute Gasteiger partial charge is 0.380 e. The molecule has 24 heavy (non-hydrogen) atoms. The standard InChI is InChI=1S/C18H26N4O2/c1-4-22-17(23)15-11-12(2)10-14(13(3)19)16(15)20-18(22)21-6-5-8-24-9-7-21/h10-11,13H,4-9,19H2,1-3H3. The Morgan fingerprint density at radius 2 is 2.12 bits per heavy atom. The number of nitrogens with zero attached hydrogens (tertiary/aromatic N) is 3. The average molecular weight is 330 g/mol. The number of rotatable bonds is 3. The Balaban J connectivity index is 2.27. The molecule has 6 heteroatoms. The Morgan fingerprint density at radius 3 is 2.83 bits per heavy atom. The Bertz CT molecular complexity index is 790. The van der Waals surface area contributed by atoms with Crippen molar-refractivity contribution in [1.29, 1.82) is 0 Å². The molecule has 1 aromatic heterocycles. The molecular formula is C18H26N4O2. The van der Waals surface area contributed by atoms with Crippen LogP contribution < -0.4 is 16.2 Å². The van der Waals surface area contributed by atoms with Crippen LogP contribution >= 0.6 is 0 Å². The first-order valence-corrected chi connectivity index (χ1v) is 8.66. The average Bonchev–Trinajstić information content (AvgIpc) is 2.83. The van der Waals surface area contributed by atoms with Crippen LogP contribution in [-0.4, -0.2) is 35.9 Å². The van der Waals surface area contributed by atoms with Gasteiger partial charge in [-0.3, -0.25) is 9.36 Å². The lowest BCUT2D eigenvalue weighted by Crippen LogP contribution is -2.34. The maximum absolute atomic E-state index is 13.1. The molecule has 2 heterocycles. The second-order valence-electron chi connectivity index (χ2n) is 6.45. The van der Waals surface area contributed by atoms with Crippen molar-refractivity contribution in [2.24, 2.45) is 5.73 Å². The Hall–Kier alpha value is -1.92. The normalized spacial score (nSPS) is 17.1. The molecule has 1 fully saturated rings. The zero-order valence-corrected chi connectivity index (χ0v) is 14.7. The van der Waals surface area contributed by atoms with E-state index in [0.717, 1.165) is 48.7 Å². The second kappa shape index (κ2) is 6.91. The van der Waals surface area contributed by atoms with E-state index in [1.165, 1.54) is 0 Å². The van der Waals surface area contributed by atoms with E-state index < -0.39 is 0 Å². The third-order valence-electron chi connectivity index (χ3n) is 4.52. The van der Waals surface area contributed by atoms with Crippen LogP contribution in [0.1, 0.15) is 37.4 Å². The van der Waals surface area contributed by atoms with Gasteiger partial charge < -0.3 is 15.4 Å². The van der Waals surface area contributed by atoms with Crippen molar-refractivity contribution >= 4 is 16.9 Å². The van der Waals surface area contributed by atoms with E-state index in [2.05, 4.69) is 4.90 Å². The number of ether oxygens (including phenoxy) is 1. The summed E-state index contributed by atoms with van der Waals surface area (Å²) < 4.78 is 7.30. The molecule has 2 aromatic rings. The molecule has 3 rings (SSSR count). The summed E-state index contributed by atoms with van der Waals surface area (Å²) in [5, 5.41) is 0.652. The van der Waals surface area contributed by atoms with Crippen LogP contribution in [0.15, 0.2) is 16.9 Å². The van der Waals surface area contributed by atoms with Crippen molar-refractivity contribution in [3.8, 4) is 0 Å². The van der Waals surface area contributed by atoms with Crippen LogP contribution in [0.2, 0.25) is 0 Å². The fourth-order valence-electron chi connectivity index (χ4n) is 3.31. The molecule has 0 radical (unpaired) electrons. The number of aromatic nitrogens is 2. The molecule has 1 saturated heterocycles. The van der Waals surface area contributed by atoms with Crippen LogP contribution in [-0.2, 0) is 11.3 Å². The zero-order valence-electron chi connectivity index (χ0n) is 14.7. The first-order chi connectivity index (χ1) is 11.5. The van der Waals surface area contributed by atoms with E-state index in [1.54, 1.807) is 4.57 Å². The van der Waals surface area contributed by atoms with Crippen LogP contribution in [0.3, 0.4) is 0 Å². The fraction of sp³-hybridized carbons (Fsp3) is 0.556. The highest BCUT2D eigenvalue weighted by Gasteiger charge is 2.20. The Morgan fingerprint density at radius 1 is 1.33 bits per heavy atom. The molecule has 1 aromatic carbocycles. The molecule has 130 valence electrons. The first kappa shape index (κ1) is 16.9. The minimum atomic E-state index is -0.169. The van der Waals surface area contributed by atoms with Crippen molar-refractivity contribution < 1.29 is 4.74 Å². The molecule has 6 nitrogen and oxygen atoms in total. The van der Waals surface area contributed by atoms with Gasteiger partial charge in [-0.05, 0) is 44.4 Å². The van der Waals surface area contributed by atoms with Gasteiger partial charge in [0.2, 0.25) is 5.95 Å². The van der Waals surface area contributed by atoms with Gasteiger partial charge in [0, 0.05) is 32.3 Å². The summed E-state index contributed by atoms with van der Waals surface area (Å²) in [5.74, 6) is 0.728. The molecule has 0 amide bonds. The van der Waals surface area contributed by atoms with E-state index in [4.69, 9.17) is 15.5 Å². The van der Waals surface area contributed by atoms with Crippen LogP contribution in [0, 0.1) is 6.92 Å². The molecule has 0 bridgehead atoms. The van der Waals surface area contributed by atoms with E-state index in [1.807, 2.05) is 32.9 Å². The predicted molar refractivity (Wildman–Crippen MR) is 96.7 cm³/mol. The topological polar surface area (TPSA) is 73.4 Å². The van der Waals surface area contributed by atoms with E-state index in [-0.39, 0.29) is 11.6 Å². The number of aryl methyl sites for hydroxylation is 1. The summed E-state index contributed by atoms with van der Waals surface area (Å²) in [6.45, 7) is 9.50. The first-order valence-electron chi connectivity index (χ1n) is 8.66. The highest BCUT2D eigenvalue weighted by atomic mass is 16.5. The minimum absolute atomic E-state index is 0.00765. The van der Waals surface area contributed by atoms with Crippen molar-refractivity contribution in [3.63, 3.8) is 0 Å². The maximum Gasteiger partial charge on any atom is 0.262 e. The summed E-state index contributed by atoms with van der Waals surface area (Å²) in [7, 11) is 0. The van der Waals surface area contributed by atoms with Gasteiger partial charge in [-0.1, -0.05) is 6.07 Å². The smallest absolute Gasteiger partial charge is 0.262 e. The summed E-state index contributed by atoms with van der Waals surface area (Å²) >= 11 is 0. The maximum atomic E-state index is 13.1. The van der Waals surface area contributed by atoms with Gasteiger partial charge in [-0.15, -0.1) is 0 Å². The number of fused-ring (bicyclic) bond motifs is 1. The molecular weight excluding hydrogens is 304 g/mol. The number of hydrogen-bond donors (Lipinski definition) is 1. The molecule has 2 N–H and O–H groups in total.